The first-order valence-electron chi connectivity index (χ1n) is 5.25. The quantitative estimate of drug-likeness (QED) is 0.799. The monoisotopic (exact) mass is 352 g/mol. The van der Waals surface area contributed by atoms with Crippen LogP contribution in [0.1, 0.15) is 12.0 Å². The summed E-state index contributed by atoms with van der Waals surface area (Å²) in [6, 6.07) is 2.08. The molecule has 0 heterocycles. The van der Waals surface area contributed by atoms with Gasteiger partial charge in [-0.25, -0.2) is 13.1 Å². The fourth-order valence-electron chi connectivity index (χ4n) is 1.28. The molecule has 116 valence electrons. The molecule has 0 saturated carbocycles. The average Bonchev–Trinajstić information content (AvgIpc) is 2.27. The largest absolute Gasteiger partial charge is 0.416 e. The first kappa shape index (κ1) is 19.5. The van der Waals surface area contributed by atoms with Crippen molar-refractivity contribution in [3.63, 3.8) is 0 Å². The highest BCUT2D eigenvalue weighted by atomic mass is 35.5. The van der Waals surface area contributed by atoms with Crippen LogP contribution in [0.15, 0.2) is 23.1 Å². The topological polar surface area (TPSA) is 72.2 Å². The lowest BCUT2D eigenvalue weighted by Crippen LogP contribution is -2.26. The molecule has 0 spiro atoms. The average molecular weight is 353 g/mol. The number of benzene rings is 1. The van der Waals surface area contributed by atoms with E-state index in [0.29, 0.717) is 25.1 Å². The second-order valence-corrected chi connectivity index (χ2v) is 5.83. The van der Waals surface area contributed by atoms with Crippen molar-refractivity contribution in [1.82, 2.24) is 4.72 Å². The van der Waals surface area contributed by atoms with E-state index in [1.165, 1.54) is 0 Å². The second kappa shape index (κ2) is 7.46. The number of sulfonamides is 1. The molecule has 20 heavy (non-hydrogen) atoms. The number of hydrogen-bond donors (Lipinski definition) is 2. The fourth-order valence-corrected chi connectivity index (χ4v) is 2.90. The summed E-state index contributed by atoms with van der Waals surface area (Å²) in [5.41, 5.74) is 4.21. The van der Waals surface area contributed by atoms with Crippen molar-refractivity contribution in [2.45, 2.75) is 17.5 Å². The second-order valence-electron chi connectivity index (χ2n) is 3.68. The van der Waals surface area contributed by atoms with E-state index in [4.69, 9.17) is 17.3 Å². The third-order valence-corrected chi connectivity index (χ3v) is 4.17. The van der Waals surface area contributed by atoms with Crippen molar-refractivity contribution in [3.05, 3.63) is 28.8 Å². The Morgan fingerprint density at radius 2 is 1.90 bits per heavy atom. The van der Waals surface area contributed by atoms with Crippen LogP contribution in [0.25, 0.3) is 0 Å². The molecule has 1 aromatic carbocycles. The molecule has 4 nitrogen and oxygen atoms in total. The van der Waals surface area contributed by atoms with Gasteiger partial charge < -0.3 is 5.73 Å². The Bertz CT molecular complexity index is 550. The molecule has 0 radical (unpaired) electrons. The van der Waals surface area contributed by atoms with E-state index in [2.05, 4.69) is 4.72 Å². The minimum absolute atomic E-state index is 0. The lowest BCUT2D eigenvalue weighted by atomic mass is 10.2. The third-order valence-electron chi connectivity index (χ3n) is 2.22. The van der Waals surface area contributed by atoms with Crippen molar-refractivity contribution in [3.8, 4) is 0 Å². The molecular formula is C10H13Cl2F3N2O2S. The van der Waals surface area contributed by atoms with E-state index < -0.39 is 26.8 Å². The van der Waals surface area contributed by atoms with E-state index in [1.54, 1.807) is 0 Å². The van der Waals surface area contributed by atoms with Gasteiger partial charge in [-0.1, -0.05) is 11.6 Å². The molecule has 0 saturated heterocycles. The van der Waals surface area contributed by atoms with E-state index in [1.807, 2.05) is 0 Å². The molecule has 0 fully saturated rings. The van der Waals surface area contributed by atoms with Gasteiger partial charge in [0, 0.05) is 6.54 Å². The van der Waals surface area contributed by atoms with Crippen LogP contribution < -0.4 is 10.5 Å². The molecule has 0 aliphatic rings. The number of alkyl halides is 3. The third kappa shape index (κ3) is 5.10. The maximum Gasteiger partial charge on any atom is 0.416 e. The predicted octanol–water partition coefficient (Wildman–Crippen LogP) is 2.41. The van der Waals surface area contributed by atoms with Crippen LogP contribution in [0.5, 0.6) is 0 Å². The normalized spacial score (nSPS) is 12.1. The molecule has 1 aromatic rings. The van der Waals surface area contributed by atoms with Gasteiger partial charge in [0.2, 0.25) is 10.0 Å². The Labute approximate surface area is 125 Å². The van der Waals surface area contributed by atoms with Crippen molar-refractivity contribution in [2.75, 3.05) is 13.1 Å². The van der Waals surface area contributed by atoms with Crippen molar-refractivity contribution >= 4 is 34.0 Å². The van der Waals surface area contributed by atoms with Crippen LogP contribution in [0.3, 0.4) is 0 Å². The Morgan fingerprint density at radius 1 is 1.30 bits per heavy atom. The minimum Gasteiger partial charge on any atom is -0.330 e. The van der Waals surface area contributed by atoms with E-state index >= 15 is 0 Å². The van der Waals surface area contributed by atoms with Gasteiger partial charge in [-0.15, -0.1) is 12.4 Å². The van der Waals surface area contributed by atoms with Gasteiger partial charge in [0.1, 0.15) is 4.90 Å². The number of rotatable bonds is 5. The van der Waals surface area contributed by atoms with Crippen LogP contribution in [0.2, 0.25) is 5.02 Å². The Kier molecular flexibility index (Phi) is 7.26. The zero-order valence-corrected chi connectivity index (χ0v) is 12.5. The van der Waals surface area contributed by atoms with Gasteiger partial charge in [-0.05, 0) is 31.2 Å². The highest BCUT2D eigenvalue weighted by molar-refractivity contribution is 7.89. The molecule has 0 aromatic heterocycles. The number of halogens is 5. The smallest absolute Gasteiger partial charge is 0.330 e. The summed E-state index contributed by atoms with van der Waals surface area (Å²) in [6.07, 6.45) is -4.16. The lowest BCUT2D eigenvalue weighted by molar-refractivity contribution is -0.137. The summed E-state index contributed by atoms with van der Waals surface area (Å²) in [5, 5.41) is -0.477. The Balaban J connectivity index is 0.00000361. The summed E-state index contributed by atoms with van der Waals surface area (Å²) >= 11 is 5.59. The van der Waals surface area contributed by atoms with E-state index in [-0.39, 0.29) is 23.8 Å². The molecule has 10 heteroatoms. The first-order valence-corrected chi connectivity index (χ1v) is 7.11. The van der Waals surface area contributed by atoms with Gasteiger partial charge in [0.15, 0.2) is 0 Å². The van der Waals surface area contributed by atoms with Crippen LogP contribution in [-0.2, 0) is 16.2 Å². The maximum atomic E-state index is 12.4. The number of nitrogens with one attached hydrogen (secondary N) is 1. The van der Waals surface area contributed by atoms with Crippen LogP contribution in [0, 0.1) is 0 Å². The summed E-state index contributed by atoms with van der Waals surface area (Å²) < 4.78 is 63.0. The maximum absolute atomic E-state index is 12.4. The Hall–Kier alpha value is -0.540. The van der Waals surface area contributed by atoms with Gasteiger partial charge in [-0.2, -0.15) is 13.2 Å². The van der Waals surface area contributed by atoms with Crippen molar-refractivity contribution < 1.29 is 21.6 Å². The zero-order valence-electron chi connectivity index (χ0n) is 10.1. The molecule has 0 aliphatic heterocycles. The van der Waals surface area contributed by atoms with Gasteiger partial charge >= 0.3 is 6.18 Å². The molecule has 3 N–H and O–H groups in total. The summed E-state index contributed by atoms with van der Waals surface area (Å²) in [5.74, 6) is 0. The molecule has 0 bridgehead atoms. The lowest BCUT2D eigenvalue weighted by Gasteiger charge is -2.11. The number of hydrogen-bond acceptors (Lipinski definition) is 3. The Morgan fingerprint density at radius 3 is 2.35 bits per heavy atom. The minimum atomic E-state index is -4.57. The van der Waals surface area contributed by atoms with Crippen molar-refractivity contribution in [1.29, 1.82) is 0 Å². The van der Waals surface area contributed by atoms with Gasteiger partial charge in [-0.3, -0.25) is 0 Å². The molecule has 0 unspecified atom stereocenters. The van der Waals surface area contributed by atoms with Crippen molar-refractivity contribution in [2.24, 2.45) is 5.73 Å². The van der Waals surface area contributed by atoms with Gasteiger partial charge in [0.05, 0.1) is 10.6 Å². The molecule has 0 aliphatic carbocycles. The van der Waals surface area contributed by atoms with Crippen LogP contribution in [0.4, 0.5) is 13.2 Å². The standard InChI is InChI=1S/C10H12ClF3N2O2S.ClH/c11-8-6-7(10(12,13)14)2-3-9(8)19(17,18)16-5-1-4-15;/h2-3,6,16H,1,4-5,15H2;1H. The van der Waals surface area contributed by atoms with Crippen LogP contribution in [-0.4, -0.2) is 21.5 Å². The SMILES string of the molecule is Cl.NCCCNS(=O)(=O)c1ccc(C(F)(F)F)cc1Cl. The molecule has 0 amide bonds. The summed E-state index contributed by atoms with van der Waals surface area (Å²) in [4.78, 5) is -0.390. The first-order chi connectivity index (χ1) is 8.68. The highest BCUT2D eigenvalue weighted by Crippen LogP contribution is 2.33. The number of nitrogens with two attached hydrogens (primary N) is 1. The van der Waals surface area contributed by atoms with E-state index in [9.17, 15) is 21.6 Å². The summed E-state index contributed by atoms with van der Waals surface area (Å²) in [6.45, 7) is 0.388. The fraction of sp³-hybridized carbons (Fsp3) is 0.400. The predicted molar refractivity (Wildman–Crippen MR) is 72.6 cm³/mol. The van der Waals surface area contributed by atoms with Crippen LogP contribution >= 0.6 is 24.0 Å². The zero-order chi connectivity index (χ0) is 14.7. The molecular weight excluding hydrogens is 340 g/mol. The highest BCUT2D eigenvalue weighted by Gasteiger charge is 2.32. The molecule has 1 rings (SSSR count). The molecule has 0 atom stereocenters. The van der Waals surface area contributed by atoms with E-state index in [0.717, 1.165) is 6.07 Å². The summed E-state index contributed by atoms with van der Waals surface area (Å²) in [7, 11) is -3.93. The van der Waals surface area contributed by atoms with Gasteiger partial charge in [0.25, 0.3) is 0 Å².